The SMILES string of the molecule is O=C1CSc2ccc(CCNC3CC3)cc2N1. The molecule has 17 heavy (non-hydrogen) atoms. The van der Waals surface area contributed by atoms with E-state index in [0.29, 0.717) is 5.75 Å². The highest BCUT2D eigenvalue weighted by Crippen LogP contribution is 2.32. The number of amides is 1. The average Bonchev–Trinajstić information content (AvgIpc) is 3.12. The Morgan fingerprint density at radius 2 is 2.29 bits per heavy atom. The molecule has 1 saturated carbocycles. The van der Waals surface area contributed by atoms with Crippen LogP contribution < -0.4 is 10.6 Å². The fourth-order valence-electron chi connectivity index (χ4n) is 1.99. The molecule has 0 atom stereocenters. The summed E-state index contributed by atoms with van der Waals surface area (Å²) in [5, 5.41) is 6.43. The number of rotatable bonds is 4. The molecule has 0 saturated heterocycles. The molecule has 1 aliphatic heterocycles. The number of anilines is 1. The minimum absolute atomic E-state index is 0.107. The van der Waals surface area contributed by atoms with E-state index in [1.165, 1.54) is 23.3 Å². The number of carbonyl (C=O) groups is 1. The Hall–Kier alpha value is -1.00. The molecule has 1 fully saturated rings. The highest BCUT2D eigenvalue weighted by atomic mass is 32.2. The van der Waals surface area contributed by atoms with E-state index in [1.807, 2.05) is 0 Å². The molecule has 0 aromatic heterocycles. The van der Waals surface area contributed by atoms with Crippen molar-refractivity contribution in [3.8, 4) is 0 Å². The molecule has 1 aliphatic carbocycles. The molecular weight excluding hydrogens is 232 g/mol. The van der Waals surface area contributed by atoms with Crippen LogP contribution in [0, 0.1) is 0 Å². The van der Waals surface area contributed by atoms with E-state index >= 15 is 0 Å². The Labute approximate surface area is 105 Å². The van der Waals surface area contributed by atoms with Gasteiger partial charge < -0.3 is 10.6 Å². The maximum Gasteiger partial charge on any atom is 0.234 e. The zero-order valence-electron chi connectivity index (χ0n) is 9.66. The van der Waals surface area contributed by atoms with Crippen molar-refractivity contribution in [3.63, 3.8) is 0 Å². The molecule has 1 aromatic rings. The quantitative estimate of drug-likeness (QED) is 0.856. The molecule has 1 amide bonds. The molecule has 3 rings (SSSR count). The fourth-order valence-corrected chi connectivity index (χ4v) is 2.78. The van der Waals surface area contributed by atoms with Crippen LogP contribution in [0.4, 0.5) is 5.69 Å². The van der Waals surface area contributed by atoms with Gasteiger partial charge in [-0.1, -0.05) is 6.07 Å². The van der Waals surface area contributed by atoms with E-state index in [0.717, 1.165) is 24.7 Å². The molecule has 2 N–H and O–H groups in total. The Kier molecular flexibility index (Phi) is 3.07. The van der Waals surface area contributed by atoms with Crippen molar-refractivity contribution in [2.24, 2.45) is 0 Å². The molecule has 1 heterocycles. The minimum atomic E-state index is 0.107. The van der Waals surface area contributed by atoms with Crippen LogP contribution in [0.25, 0.3) is 0 Å². The van der Waals surface area contributed by atoms with Crippen molar-refractivity contribution in [3.05, 3.63) is 23.8 Å². The molecule has 0 bridgehead atoms. The summed E-state index contributed by atoms with van der Waals surface area (Å²) in [5.41, 5.74) is 2.27. The second-order valence-electron chi connectivity index (χ2n) is 4.65. The average molecular weight is 248 g/mol. The van der Waals surface area contributed by atoms with Gasteiger partial charge >= 0.3 is 0 Å². The summed E-state index contributed by atoms with van der Waals surface area (Å²) < 4.78 is 0. The third kappa shape index (κ3) is 2.82. The first kappa shape index (κ1) is 11.1. The summed E-state index contributed by atoms with van der Waals surface area (Å²) in [5.74, 6) is 0.644. The summed E-state index contributed by atoms with van der Waals surface area (Å²) in [6, 6.07) is 7.15. The topological polar surface area (TPSA) is 41.1 Å². The molecule has 1 aromatic carbocycles. The Morgan fingerprint density at radius 3 is 3.12 bits per heavy atom. The Balaban J connectivity index is 1.64. The summed E-state index contributed by atoms with van der Waals surface area (Å²) in [4.78, 5) is 12.5. The standard InChI is InChI=1S/C13H16N2OS/c16-13-8-17-12-4-1-9(7-11(12)15-13)5-6-14-10-2-3-10/h1,4,7,10,14H,2-3,5-6,8H2,(H,15,16). The number of carbonyl (C=O) groups excluding carboxylic acids is 1. The normalized spacial score (nSPS) is 18.7. The molecule has 4 heteroatoms. The summed E-state index contributed by atoms with van der Waals surface area (Å²) in [7, 11) is 0. The summed E-state index contributed by atoms with van der Waals surface area (Å²) >= 11 is 1.62. The van der Waals surface area contributed by atoms with Gasteiger partial charge in [0.1, 0.15) is 0 Å². The molecule has 3 nitrogen and oxygen atoms in total. The van der Waals surface area contributed by atoms with Crippen LogP contribution in [0.1, 0.15) is 18.4 Å². The lowest BCUT2D eigenvalue weighted by atomic mass is 10.1. The first-order valence-corrected chi connectivity index (χ1v) is 7.09. The van der Waals surface area contributed by atoms with Gasteiger partial charge in [0.05, 0.1) is 11.4 Å². The lowest BCUT2D eigenvalue weighted by Gasteiger charge is -2.17. The van der Waals surface area contributed by atoms with Gasteiger partial charge in [0.15, 0.2) is 0 Å². The third-order valence-electron chi connectivity index (χ3n) is 3.10. The summed E-state index contributed by atoms with van der Waals surface area (Å²) in [6.45, 7) is 1.03. The van der Waals surface area contributed by atoms with Gasteiger partial charge in [-0.25, -0.2) is 0 Å². The molecule has 0 radical (unpaired) electrons. The zero-order chi connectivity index (χ0) is 11.7. The van der Waals surface area contributed by atoms with Crippen molar-refractivity contribution >= 4 is 23.4 Å². The van der Waals surface area contributed by atoms with E-state index < -0.39 is 0 Å². The maximum absolute atomic E-state index is 11.3. The number of hydrogen-bond donors (Lipinski definition) is 2. The summed E-state index contributed by atoms with van der Waals surface area (Å²) in [6.07, 6.45) is 3.69. The van der Waals surface area contributed by atoms with E-state index in [2.05, 4.69) is 28.8 Å². The van der Waals surface area contributed by atoms with Gasteiger partial charge in [0, 0.05) is 10.9 Å². The van der Waals surface area contributed by atoms with Gasteiger partial charge in [0.25, 0.3) is 0 Å². The maximum atomic E-state index is 11.3. The van der Waals surface area contributed by atoms with Gasteiger partial charge in [0.2, 0.25) is 5.91 Å². The minimum Gasteiger partial charge on any atom is -0.324 e. The number of thioether (sulfide) groups is 1. The van der Waals surface area contributed by atoms with Crippen molar-refractivity contribution in [1.29, 1.82) is 0 Å². The van der Waals surface area contributed by atoms with Crippen LogP contribution in [0.2, 0.25) is 0 Å². The van der Waals surface area contributed by atoms with Crippen molar-refractivity contribution in [2.75, 3.05) is 17.6 Å². The van der Waals surface area contributed by atoms with Crippen LogP contribution in [0.15, 0.2) is 23.1 Å². The predicted molar refractivity (Wildman–Crippen MR) is 70.5 cm³/mol. The van der Waals surface area contributed by atoms with E-state index in [9.17, 15) is 4.79 Å². The van der Waals surface area contributed by atoms with Crippen molar-refractivity contribution in [1.82, 2.24) is 5.32 Å². The van der Waals surface area contributed by atoms with Crippen molar-refractivity contribution < 1.29 is 4.79 Å². The van der Waals surface area contributed by atoms with Gasteiger partial charge in [-0.2, -0.15) is 0 Å². The second-order valence-corrected chi connectivity index (χ2v) is 5.66. The van der Waals surface area contributed by atoms with E-state index in [-0.39, 0.29) is 5.91 Å². The Bertz CT molecular complexity index is 443. The van der Waals surface area contributed by atoms with Crippen LogP contribution in [-0.4, -0.2) is 24.2 Å². The zero-order valence-corrected chi connectivity index (χ0v) is 10.5. The monoisotopic (exact) mass is 248 g/mol. The van der Waals surface area contributed by atoms with Crippen LogP contribution in [-0.2, 0) is 11.2 Å². The molecule has 90 valence electrons. The number of hydrogen-bond acceptors (Lipinski definition) is 3. The second kappa shape index (κ2) is 4.70. The number of nitrogens with one attached hydrogen (secondary N) is 2. The first-order chi connectivity index (χ1) is 8.31. The Morgan fingerprint density at radius 1 is 1.41 bits per heavy atom. The molecule has 2 aliphatic rings. The van der Waals surface area contributed by atoms with Gasteiger partial charge in [-0.05, 0) is 43.5 Å². The van der Waals surface area contributed by atoms with Gasteiger partial charge in [-0.3, -0.25) is 4.79 Å². The van der Waals surface area contributed by atoms with Crippen molar-refractivity contribution in [2.45, 2.75) is 30.2 Å². The highest BCUT2D eigenvalue weighted by molar-refractivity contribution is 8.00. The van der Waals surface area contributed by atoms with Crippen LogP contribution >= 0.6 is 11.8 Å². The first-order valence-electron chi connectivity index (χ1n) is 6.10. The fraction of sp³-hybridized carbons (Fsp3) is 0.462. The predicted octanol–water partition coefficient (Wildman–Crippen LogP) is 2.03. The highest BCUT2D eigenvalue weighted by Gasteiger charge is 2.20. The lowest BCUT2D eigenvalue weighted by Crippen LogP contribution is -2.20. The van der Waals surface area contributed by atoms with Gasteiger partial charge in [-0.15, -0.1) is 11.8 Å². The lowest BCUT2D eigenvalue weighted by molar-refractivity contribution is -0.113. The molecule has 0 spiro atoms. The van der Waals surface area contributed by atoms with E-state index in [4.69, 9.17) is 0 Å². The number of fused-ring (bicyclic) bond motifs is 1. The van der Waals surface area contributed by atoms with E-state index in [1.54, 1.807) is 11.8 Å². The van der Waals surface area contributed by atoms with Crippen LogP contribution in [0.3, 0.4) is 0 Å². The molecular formula is C13H16N2OS. The van der Waals surface area contributed by atoms with Crippen LogP contribution in [0.5, 0.6) is 0 Å². The molecule has 0 unspecified atom stereocenters. The number of benzene rings is 1. The largest absolute Gasteiger partial charge is 0.324 e. The third-order valence-corrected chi connectivity index (χ3v) is 4.17. The smallest absolute Gasteiger partial charge is 0.234 e.